The Hall–Kier alpha value is -2.66. The highest BCUT2D eigenvalue weighted by atomic mass is 35.5. The Morgan fingerprint density at radius 2 is 1.82 bits per heavy atom. The van der Waals surface area contributed by atoms with E-state index in [0.717, 1.165) is 18.4 Å². The molecule has 1 N–H and O–H groups in total. The van der Waals surface area contributed by atoms with Gasteiger partial charge in [-0.15, -0.1) is 0 Å². The number of carbonyl (C=O) groups is 1. The van der Waals surface area contributed by atoms with Crippen LogP contribution in [0.1, 0.15) is 38.3 Å². The van der Waals surface area contributed by atoms with Crippen molar-refractivity contribution in [2.24, 2.45) is 5.92 Å². The van der Waals surface area contributed by atoms with Crippen LogP contribution in [0.15, 0.2) is 59.5 Å². The minimum atomic E-state index is -0.293. The summed E-state index contributed by atoms with van der Waals surface area (Å²) in [5, 5.41) is 3.75. The average molecular weight is 398 g/mol. The molecule has 0 bridgehead atoms. The molecule has 0 radical (unpaired) electrons. The molecule has 5 nitrogen and oxygen atoms in total. The monoisotopic (exact) mass is 397 g/mol. The third-order valence-electron chi connectivity index (χ3n) is 4.69. The number of aromatic nitrogens is 2. The SMILES string of the molecule is CC(C)CCC(NC(=O)Cn1c(=O)cnc2ccccc21)c1ccc(Cl)cc1. The Kier molecular flexibility index (Phi) is 6.47. The number of para-hydroxylation sites is 2. The fourth-order valence-corrected chi connectivity index (χ4v) is 3.30. The zero-order valence-corrected chi connectivity index (χ0v) is 16.8. The minimum Gasteiger partial charge on any atom is -0.348 e. The van der Waals surface area contributed by atoms with Gasteiger partial charge in [0.15, 0.2) is 0 Å². The van der Waals surface area contributed by atoms with Crippen LogP contribution < -0.4 is 10.9 Å². The molecule has 1 aromatic heterocycles. The average Bonchev–Trinajstić information content (AvgIpc) is 2.68. The molecule has 28 heavy (non-hydrogen) atoms. The number of halogens is 1. The normalized spacial score (nSPS) is 12.3. The van der Waals surface area contributed by atoms with Gasteiger partial charge in [0.1, 0.15) is 6.54 Å². The lowest BCUT2D eigenvalue weighted by molar-refractivity contribution is -0.122. The highest BCUT2D eigenvalue weighted by Gasteiger charge is 2.17. The lowest BCUT2D eigenvalue weighted by Crippen LogP contribution is -2.35. The molecule has 0 spiro atoms. The second kappa shape index (κ2) is 9.02. The second-order valence-electron chi connectivity index (χ2n) is 7.31. The van der Waals surface area contributed by atoms with Crippen LogP contribution in [0.4, 0.5) is 0 Å². The Morgan fingerprint density at radius 3 is 2.54 bits per heavy atom. The third-order valence-corrected chi connectivity index (χ3v) is 4.95. The van der Waals surface area contributed by atoms with E-state index in [1.165, 1.54) is 10.8 Å². The van der Waals surface area contributed by atoms with Crippen molar-refractivity contribution < 1.29 is 4.79 Å². The van der Waals surface area contributed by atoms with Crippen LogP contribution in [-0.2, 0) is 11.3 Å². The molecule has 0 aliphatic rings. The van der Waals surface area contributed by atoms with Crippen LogP contribution in [-0.4, -0.2) is 15.5 Å². The van der Waals surface area contributed by atoms with Crippen LogP contribution >= 0.6 is 11.6 Å². The summed E-state index contributed by atoms with van der Waals surface area (Å²) >= 11 is 6.00. The van der Waals surface area contributed by atoms with E-state index in [1.54, 1.807) is 6.07 Å². The van der Waals surface area contributed by atoms with Crippen molar-refractivity contribution in [1.82, 2.24) is 14.9 Å². The fraction of sp³-hybridized carbons (Fsp3) is 0.318. The molecule has 2 aromatic carbocycles. The van der Waals surface area contributed by atoms with E-state index < -0.39 is 0 Å². The maximum Gasteiger partial charge on any atom is 0.269 e. The Bertz CT molecular complexity index is 1010. The number of amides is 1. The molecule has 3 rings (SSSR count). The third kappa shape index (κ3) is 4.98. The van der Waals surface area contributed by atoms with E-state index in [9.17, 15) is 9.59 Å². The zero-order chi connectivity index (χ0) is 20.1. The minimum absolute atomic E-state index is 0.0480. The molecule has 1 unspecified atom stereocenters. The van der Waals surface area contributed by atoms with Crippen LogP contribution in [0.5, 0.6) is 0 Å². The summed E-state index contributed by atoms with van der Waals surface area (Å²) in [4.78, 5) is 29.2. The highest BCUT2D eigenvalue weighted by molar-refractivity contribution is 6.30. The number of nitrogens with one attached hydrogen (secondary N) is 1. The van der Waals surface area contributed by atoms with Gasteiger partial charge < -0.3 is 5.32 Å². The van der Waals surface area contributed by atoms with Crippen molar-refractivity contribution in [2.75, 3.05) is 0 Å². The first-order valence-electron chi connectivity index (χ1n) is 9.43. The lowest BCUT2D eigenvalue weighted by atomic mass is 9.97. The summed E-state index contributed by atoms with van der Waals surface area (Å²) < 4.78 is 1.46. The van der Waals surface area contributed by atoms with Crippen LogP contribution in [0, 0.1) is 5.92 Å². The molecule has 0 saturated heterocycles. The molecular weight excluding hydrogens is 374 g/mol. The molecule has 1 atom stereocenters. The number of benzene rings is 2. The van der Waals surface area contributed by atoms with E-state index in [0.29, 0.717) is 22.0 Å². The Balaban J connectivity index is 1.81. The molecule has 3 aromatic rings. The van der Waals surface area contributed by atoms with E-state index in [2.05, 4.69) is 24.1 Å². The maximum absolute atomic E-state index is 12.8. The summed E-state index contributed by atoms with van der Waals surface area (Å²) in [6.07, 6.45) is 3.05. The van der Waals surface area contributed by atoms with Gasteiger partial charge in [-0.1, -0.05) is 49.7 Å². The van der Waals surface area contributed by atoms with Crippen molar-refractivity contribution in [1.29, 1.82) is 0 Å². The van der Waals surface area contributed by atoms with Crippen LogP contribution in [0.2, 0.25) is 5.02 Å². The summed E-state index contributed by atoms with van der Waals surface area (Å²) in [6.45, 7) is 4.26. The summed E-state index contributed by atoms with van der Waals surface area (Å²) in [6, 6.07) is 14.7. The maximum atomic E-state index is 12.8. The van der Waals surface area contributed by atoms with Gasteiger partial charge in [0.25, 0.3) is 5.56 Å². The Labute approximate surface area is 169 Å². The van der Waals surface area contributed by atoms with Gasteiger partial charge in [0, 0.05) is 5.02 Å². The highest BCUT2D eigenvalue weighted by Crippen LogP contribution is 2.23. The zero-order valence-electron chi connectivity index (χ0n) is 16.1. The first kappa shape index (κ1) is 20.1. The van der Waals surface area contributed by atoms with Gasteiger partial charge >= 0.3 is 0 Å². The molecule has 1 amide bonds. The van der Waals surface area contributed by atoms with Crippen LogP contribution in [0.3, 0.4) is 0 Å². The molecule has 6 heteroatoms. The number of carbonyl (C=O) groups excluding carboxylic acids is 1. The van der Waals surface area contributed by atoms with Crippen molar-refractivity contribution in [3.8, 4) is 0 Å². The Morgan fingerprint density at radius 1 is 1.11 bits per heavy atom. The quantitative estimate of drug-likeness (QED) is 0.644. The van der Waals surface area contributed by atoms with Gasteiger partial charge in [-0.05, 0) is 48.6 Å². The number of hydrogen-bond acceptors (Lipinski definition) is 3. The summed E-state index contributed by atoms with van der Waals surface area (Å²) in [7, 11) is 0. The van der Waals surface area contributed by atoms with E-state index in [-0.39, 0.29) is 24.1 Å². The first-order chi connectivity index (χ1) is 13.4. The molecular formula is C22H24ClN3O2. The van der Waals surface area contributed by atoms with Crippen molar-refractivity contribution >= 4 is 28.5 Å². The number of nitrogens with zero attached hydrogens (tertiary/aromatic N) is 2. The summed E-state index contributed by atoms with van der Waals surface area (Å²) in [5.74, 6) is 0.320. The van der Waals surface area contributed by atoms with E-state index >= 15 is 0 Å². The van der Waals surface area contributed by atoms with Crippen molar-refractivity contribution in [2.45, 2.75) is 39.3 Å². The van der Waals surface area contributed by atoms with Gasteiger partial charge in [-0.3, -0.25) is 14.2 Å². The first-order valence-corrected chi connectivity index (χ1v) is 9.81. The molecule has 0 aliphatic carbocycles. The van der Waals surface area contributed by atoms with E-state index in [4.69, 9.17) is 11.6 Å². The topological polar surface area (TPSA) is 64.0 Å². The molecule has 146 valence electrons. The molecule has 0 aliphatic heterocycles. The van der Waals surface area contributed by atoms with E-state index in [1.807, 2.05) is 42.5 Å². The van der Waals surface area contributed by atoms with Crippen molar-refractivity contribution in [3.05, 3.63) is 75.7 Å². The van der Waals surface area contributed by atoms with Gasteiger partial charge in [-0.2, -0.15) is 0 Å². The predicted octanol–water partition coefficient (Wildman–Crippen LogP) is 4.34. The molecule has 1 heterocycles. The van der Waals surface area contributed by atoms with Gasteiger partial charge in [-0.25, -0.2) is 4.98 Å². The van der Waals surface area contributed by atoms with Crippen LogP contribution in [0.25, 0.3) is 11.0 Å². The fourth-order valence-electron chi connectivity index (χ4n) is 3.18. The second-order valence-corrected chi connectivity index (χ2v) is 7.75. The van der Waals surface area contributed by atoms with Gasteiger partial charge in [0.05, 0.1) is 23.3 Å². The predicted molar refractivity (Wildman–Crippen MR) is 112 cm³/mol. The van der Waals surface area contributed by atoms with Gasteiger partial charge in [0.2, 0.25) is 5.91 Å². The molecule has 0 saturated carbocycles. The molecule has 0 fully saturated rings. The van der Waals surface area contributed by atoms with Crippen molar-refractivity contribution in [3.63, 3.8) is 0 Å². The lowest BCUT2D eigenvalue weighted by Gasteiger charge is -2.21. The standard InChI is InChI=1S/C22H24ClN3O2/c1-15(2)7-12-18(16-8-10-17(23)11-9-16)25-21(27)14-26-20-6-4-3-5-19(20)24-13-22(26)28/h3-6,8-11,13,15,18H,7,12,14H2,1-2H3,(H,25,27). The largest absolute Gasteiger partial charge is 0.348 e. The summed E-state index contributed by atoms with van der Waals surface area (Å²) in [5.41, 5.74) is 2.05. The number of hydrogen-bond donors (Lipinski definition) is 1. The number of rotatable bonds is 7. The smallest absolute Gasteiger partial charge is 0.269 e. The number of fused-ring (bicyclic) bond motifs is 1.